The van der Waals surface area contributed by atoms with E-state index < -0.39 is 17.7 Å². The third kappa shape index (κ3) is 4.48. The average Bonchev–Trinajstić information content (AvgIpc) is 2.49. The Morgan fingerprint density at radius 1 is 1.29 bits per heavy atom. The van der Waals surface area contributed by atoms with Gasteiger partial charge in [-0.05, 0) is 50.9 Å². The number of rotatable bonds is 6. The summed E-state index contributed by atoms with van der Waals surface area (Å²) in [5.41, 5.74) is 6.31. The highest BCUT2D eigenvalue weighted by molar-refractivity contribution is 5.22. The van der Waals surface area contributed by atoms with E-state index in [0.29, 0.717) is 6.42 Å². The SMILES string of the molecule is CCCC1CCN(CCC(N)c2cccc(F)c2F)CC1. The Kier molecular flexibility index (Phi) is 6.12. The monoisotopic (exact) mass is 296 g/mol. The van der Waals surface area contributed by atoms with Crippen LogP contribution in [0.1, 0.15) is 50.6 Å². The molecule has 1 aliphatic rings. The van der Waals surface area contributed by atoms with Gasteiger partial charge >= 0.3 is 0 Å². The number of nitrogens with two attached hydrogens (primary N) is 1. The van der Waals surface area contributed by atoms with E-state index in [-0.39, 0.29) is 5.56 Å². The first-order valence-corrected chi connectivity index (χ1v) is 8.03. The second-order valence-corrected chi connectivity index (χ2v) is 6.11. The molecule has 0 aromatic heterocycles. The van der Waals surface area contributed by atoms with Crippen molar-refractivity contribution in [3.05, 3.63) is 35.4 Å². The molecule has 118 valence electrons. The molecule has 0 amide bonds. The Morgan fingerprint density at radius 3 is 2.67 bits per heavy atom. The molecule has 1 aromatic carbocycles. The third-order valence-corrected chi connectivity index (χ3v) is 4.54. The van der Waals surface area contributed by atoms with Crippen LogP contribution in [0.2, 0.25) is 0 Å². The Morgan fingerprint density at radius 2 is 2.00 bits per heavy atom. The summed E-state index contributed by atoms with van der Waals surface area (Å²) < 4.78 is 26.9. The minimum atomic E-state index is -0.816. The fourth-order valence-electron chi connectivity index (χ4n) is 3.19. The van der Waals surface area contributed by atoms with E-state index in [9.17, 15) is 8.78 Å². The summed E-state index contributed by atoms with van der Waals surface area (Å²) in [6.45, 7) is 5.29. The number of benzene rings is 1. The molecule has 2 N–H and O–H groups in total. The van der Waals surface area contributed by atoms with Gasteiger partial charge in [0, 0.05) is 11.6 Å². The van der Waals surface area contributed by atoms with Crippen molar-refractivity contribution in [2.24, 2.45) is 11.7 Å². The summed E-state index contributed by atoms with van der Waals surface area (Å²) in [7, 11) is 0. The molecule has 1 unspecified atom stereocenters. The fraction of sp³-hybridized carbons (Fsp3) is 0.647. The topological polar surface area (TPSA) is 29.3 Å². The maximum atomic E-state index is 13.7. The molecule has 0 bridgehead atoms. The molecule has 1 heterocycles. The highest BCUT2D eigenvalue weighted by Crippen LogP contribution is 2.24. The first kappa shape index (κ1) is 16.4. The summed E-state index contributed by atoms with van der Waals surface area (Å²) in [4.78, 5) is 2.39. The molecule has 1 fully saturated rings. The lowest BCUT2D eigenvalue weighted by Crippen LogP contribution is -2.35. The molecule has 1 aromatic rings. The van der Waals surface area contributed by atoms with Crippen molar-refractivity contribution < 1.29 is 8.78 Å². The van der Waals surface area contributed by atoms with Crippen molar-refractivity contribution in [3.8, 4) is 0 Å². The summed E-state index contributed by atoms with van der Waals surface area (Å²) in [6.07, 6.45) is 5.74. The molecule has 1 aliphatic heterocycles. The van der Waals surface area contributed by atoms with Crippen LogP contribution in [0, 0.1) is 17.6 Å². The van der Waals surface area contributed by atoms with Crippen LogP contribution in [0.25, 0.3) is 0 Å². The van der Waals surface area contributed by atoms with Gasteiger partial charge in [-0.25, -0.2) is 8.78 Å². The Balaban J connectivity index is 1.79. The van der Waals surface area contributed by atoms with Crippen molar-refractivity contribution in [1.29, 1.82) is 0 Å². The maximum absolute atomic E-state index is 13.7. The van der Waals surface area contributed by atoms with Crippen LogP contribution in [0.5, 0.6) is 0 Å². The maximum Gasteiger partial charge on any atom is 0.163 e. The quantitative estimate of drug-likeness (QED) is 0.863. The summed E-state index contributed by atoms with van der Waals surface area (Å²) >= 11 is 0. The Bertz CT molecular complexity index is 442. The smallest absolute Gasteiger partial charge is 0.163 e. The zero-order valence-corrected chi connectivity index (χ0v) is 12.8. The van der Waals surface area contributed by atoms with E-state index in [4.69, 9.17) is 5.73 Å². The second kappa shape index (κ2) is 7.85. The standard InChI is InChI=1S/C17H26F2N2/c1-2-4-13-7-10-21(11-8-13)12-9-16(20)14-5-3-6-15(18)17(14)19/h3,5-6,13,16H,2,4,7-12,20H2,1H3. The van der Waals surface area contributed by atoms with E-state index in [0.717, 1.165) is 31.6 Å². The lowest BCUT2D eigenvalue weighted by molar-refractivity contribution is 0.173. The zero-order valence-electron chi connectivity index (χ0n) is 12.8. The van der Waals surface area contributed by atoms with Crippen LogP contribution >= 0.6 is 0 Å². The Hall–Kier alpha value is -1.00. The highest BCUT2D eigenvalue weighted by Gasteiger charge is 2.20. The molecule has 0 spiro atoms. The van der Waals surface area contributed by atoms with Gasteiger partial charge in [0.1, 0.15) is 0 Å². The van der Waals surface area contributed by atoms with E-state index >= 15 is 0 Å². The van der Waals surface area contributed by atoms with Gasteiger partial charge in [-0.3, -0.25) is 0 Å². The number of hydrogen-bond acceptors (Lipinski definition) is 2. The Labute approximate surface area is 126 Å². The van der Waals surface area contributed by atoms with Gasteiger partial charge in [-0.2, -0.15) is 0 Å². The van der Waals surface area contributed by atoms with E-state index in [1.54, 1.807) is 6.07 Å². The predicted octanol–water partition coefficient (Wildman–Crippen LogP) is 3.87. The molecular weight excluding hydrogens is 270 g/mol. The van der Waals surface area contributed by atoms with Crippen molar-refractivity contribution in [1.82, 2.24) is 4.90 Å². The van der Waals surface area contributed by atoms with E-state index in [1.165, 1.54) is 31.7 Å². The van der Waals surface area contributed by atoms with Crippen LogP contribution in [-0.4, -0.2) is 24.5 Å². The molecule has 2 nitrogen and oxygen atoms in total. The zero-order chi connectivity index (χ0) is 15.2. The number of piperidine rings is 1. The normalized spacial score (nSPS) is 18.9. The number of hydrogen-bond donors (Lipinski definition) is 1. The lowest BCUT2D eigenvalue weighted by Gasteiger charge is -2.32. The molecule has 1 saturated heterocycles. The molecule has 0 saturated carbocycles. The fourth-order valence-corrected chi connectivity index (χ4v) is 3.19. The van der Waals surface area contributed by atoms with Crippen LogP contribution in [0.3, 0.4) is 0 Å². The van der Waals surface area contributed by atoms with Crippen LogP contribution in [0.4, 0.5) is 8.78 Å². The first-order valence-electron chi connectivity index (χ1n) is 8.03. The average molecular weight is 296 g/mol. The molecule has 0 radical (unpaired) electrons. The molecule has 4 heteroatoms. The van der Waals surface area contributed by atoms with Crippen LogP contribution in [-0.2, 0) is 0 Å². The number of likely N-dealkylation sites (tertiary alicyclic amines) is 1. The van der Waals surface area contributed by atoms with Crippen molar-refractivity contribution in [3.63, 3.8) is 0 Å². The van der Waals surface area contributed by atoms with Gasteiger partial charge in [0.15, 0.2) is 11.6 Å². The summed E-state index contributed by atoms with van der Waals surface area (Å²) in [6, 6.07) is 3.79. The highest BCUT2D eigenvalue weighted by atomic mass is 19.2. The van der Waals surface area contributed by atoms with Gasteiger partial charge in [0.2, 0.25) is 0 Å². The number of nitrogens with zero attached hydrogens (tertiary/aromatic N) is 1. The first-order chi connectivity index (χ1) is 10.1. The van der Waals surface area contributed by atoms with Gasteiger partial charge in [0.05, 0.1) is 0 Å². The minimum absolute atomic E-state index is 0.288. The molecular formula is C17H26F2N2. The lowest BCUT2D eigenvalue weighted by atomic mass is 9.92. The van der Waals surface area contributed by atoms with Crippen molar-refractivity contribution >= 4 is 0 Å². The molecule has 21 heavy (non-hydrogen) atoms. The molecule has 1 atom stereocenters. The molecule has 2 rings (SSSR count). The van der Waals surface area contributed by atoms with Crippen LogP contribution in [0.15, 0.2) is 18.2 Å². The summed E-state index contributed by atoms with van der Waals surface area (Å²) in [5, 5.41) is 0. The van der Waals surface area contributed by atoms with E-state index in [1.807, 2.05) is 0 Å². The third-order valence-electron chi connectivity index (χ3n) is 4.54. The van der Waals surface area contributed by atoms with E-state index in [2.05, 4.69) is 11.8 Å². The second-order valence-electron chi connectivity index (χ2n) is 6.11. The minimum Gasteiger partial charge on any atom is -0.324 e. The summed E-state index contributed by atoms with van der Waals surface area (Å²) in [5.74, 6) is -0.754. The molecule has 0 aliphatic carbocycles. The van der Waals surface area contributed by atoms with Gasteiger partial charge in [0.25, 0.3) is 0 Å². The van der Waals surface area contributed by atoms with Crippen molar-refractivity contribution in [2.45, 2.75) is 45.1 Å². The number of halogens is 2. The largest absolute Gasteiger partial charge is 0.324 e. The van der Waals surface area contributed by atoms with Gasteiger partial charge in [-0.15, -0.1) is 0 Å². The predicted molar refractivity (Wildman–Crippen MR) is 82.0 cm³/mol. The van der Waals surface area contributed by atoms with Gasteiger partial charge in [-0.1, -0.05) is 31.9 Å². The van der Waals surface area contributed by atoms with Crippen LogP contribution < -0.4 is 5.73 Å². The van der Waals surface area contributed by atoms with Crippen molar-refractivity contribution in [2.75, 3.05) is 19.6 Å². The van der Waals surface area contributed by atoms with Gasteiger partial charge < -0.3 is 10.6 Å².